The van der Waals surface area contributed by atoms with E-state index in [1.54, 1.807) is 20.2 Å². The number of hydrogen-bond acceptors (Lipinski definition) is 5. The number of primary amides is 1. The SMILES string of the molecule is CCCO.CN(C(=O)/C=C/CC(C)(C)N)[C@H](Cc1ccc2ccccc2c1)C(=O)N(C)[C@H](Cc1ccccc1)C(N)=O. The first-order valence-electron chi connectivity index (χ1n) is 14.3. The second kappa shape index (κ2) is 16.4. The maximum absolute atomic E-state index is 13.9. The molecule has 0 unspecified atom stereocenters. The van der Waals surface area contributed by atoms with E-state index < -0.39 is 23.5 Å². The maximum atomic E-state index is 13.9. The normalized spacial score (nSPS) is 12.7. The number of hydrogen-bond donors (Lipinski definition) is 3. The van der Waals surface area contributed by atoms with Gasteiger partial charge in [0.15, 0.2) is 0 Å². The fourth-order valence-electron chi connectivity index (χ4n) is 4.37. The first-order valence-corrected chi connectivity index (χ1v) is 14.3. The molecule has 0 heterocycles. The van der Waals surface area contributed by atoms with E-state index in [9.17, 15) is 14.4 Å². The molecule has 3 amide bonds. The van der Waals surface area contributed by atoms with Crippen LogP contribution in [-0.2, 0) is 27.2 Å². The first kappa shape index (κ1) is 34.2. The molecule has 3 aromatic carbocycles. The van der Waals surface area contributed by atoms with Crippen LogP contribution in [0.25, 0.3) is 10.8 Å². The molecule has 0 aliphatic carbocycles. The predicted molar refractivity (Wildman–Crippen MR) is 170 cm³/mol. The molecular weight excluding hydrogens is 528 g/mol. The molecule has 2 atom stereocenters. The molecule has 226 valence electrons. The number of benzene rings is 3. The van der Waals surface area contributed by atoms with E-state index in [0.717, 1.165) is 28.3 Å². The van der Waals surface area contributed by atoms with Gasteiger partial charge in [0.1, 0.15) is 12.1 Å². The molecule has 3 aromatic rings. The molecule has 0 saturated heterocycles. The van der Waals surface area contributed by atoms with Crippen molar-refractivity contribution in [1.82, 2.24) is 9.80 Å². The van der Waals surface area contributed by atoms with Gasteiger partial charge in [-0.1, -0.05) is 85.8 Å². The van der Waals surface area contributed by atoms with Gasteiger partial charge in [0.05, 0.1) is 0 Å². The number of nitrogens with two attached hydrogens (primary N) is 2. The van der Waals surface area contributed by atoms with Crippen molar-refractivity contribution in [2.24, 2.45) is 11.5 Å². The highest BCUT2D eigenvalue weighted by Crippen LogP contribution is 2.20. The van der Waals surface area contributed by atoms with Crippen molar-refractivity contribution in [2.75, 3.05) is 20.7 Å². The number of carbonyl (C=O) groups is 3. The number of aliphatic hydroxyl groups is 1. The van der Waals surface area contributed by atoms with Gasteiger partial charge in [0.2, 0.25) is 17.7 Å². The molecule has 0 spiro atoms. The third kappa shape index (κ3) is 10.8. The van der Waals surface area contributed by atoms with Crippen molar-refractivity contribution in [3.05, 3.63) is 96.1 Å². The van der Waals surface area contributed by atoms with Crippen LogP contribution in [0.15, 0.2) is 84.9 Å². The molecule has 42 heavy (non-hydrogen) atoms. The second-order valence-corrected chi connectivity index (χ2v) is 11.2. The van der Waals surface area contributed by atoms with Crippen molar-refractivity contribution in [1.29, 1.82) is 0 Å². The summed E-state index contributed by atoms with van der Waals surface area (Å²) in [5, 5.41) is 10.0. The average Bonchev–Trinajstić information content (AvgIpc) is 2.97. The van der Waals surface area contributed by atoms with Crippen molar-refractivity contribution in [3.8, 4) is 0 Å². The Bertz CT molecular complexity index is 1330. The van der Waals surface area contributed by atoms with E-state index in [1.807, 2.05) is 93.6 Å². The second-order valence-electron chi connectivity index (χ2n) is 11.2. The minimum absolute atomic E-state index is 0.281. The summed E-state index contributed by atoms with van der Waals surface area (Å²) in [5.41, 5.74) is 13.1. The number of aliphatic hydroxyl groups excluding tert-OH is 1. The van der Waals surface area contributed by atoms with E-state index in [-0.39, 0.29) is 24.7 Å². The van der Waals surface area contributed by atoms with Gasteiger partial charge in [-0.05, 0) is 54.7 Å². The number of rotatable bonds is 12. The Hall–Kier alpha value is -4.01. The van der Waals surface area contributed by atoms with Gasteiger partial charge in [0.25, 0.3) is 0 Å². The Morgan fingerprint density at radius 1 is 0.857 bits per heavy atom. The van der Waals surface area contributed by atoms with Crippen LogP contribution in [0.3, 0.4) is 0 Å². The van der Waals surface area contributed by atoms with Crippen molar-refractivity contribution in [3.63, 3.8) is 0 Å². The number of nitrogens with zero attached hydrogens (tertiary/aromatic N) is 2. The molecule has 0 aliphatic rings. The summed E-state index contributed by atoms with van der Waals surface area (Å²) in [6.07, 6.45) is 5.12. The van der Waals surface area contributed by atoms with E-state index in [4.69, 9.17) is 16.6 Å². The molecule has 0 radical (unpaired) electrons. The zero-order valence-electron chi connectivity index (χ0n) is 25.5. The smallest absolute Gasteiger partial charge is 0.246 e. The number of carbonyl (C=O) groups excluding carboxylic acids is 3. The van der Waals surface area contributed by atoms with E-state index in [1.165, 1.54) is 15.9 Å². The zero-order chi connectivity index (χ0) is 31.3. The fourth-order valence-corrected chi connectivity index (χ4v) is 4.37. The maximum Gasteiger partial charge on any atom is 0.246 e. The van der Waals surface area contributed by atoms with Crippen LogP contribution in [-0.4, -0.2) is 71.0 Å². The van der Waals surface area contributed by atoms with Gasteiger partial charge in [-0.15, -0.1) is 0 Å². The summed E-state index contributed by atoms with van der Waals surface area (Å²) in [6.45, 7) is 6.01. The summed E-state index contributed by atoms with van der Waals surface area (Å²) >= 11 is 0. The number of amides is 3. The third-order valence-corrected chi connectivity index (χ3v) is 6.89. The third-order valence-electron chi connectivity index (χ3n) is 6.89. The molecule has 0 aliphatic heterocycles. The van der Waals surface area contributed by atoms with Gasteiger partial charge in [0, 0.05) is 39.1 Å². The minimum atomic E-state index is -0.860. The van der Waals surface area contributed by atoms with Gasteiger partial charge < -0.3 is 26.4 Å². The highest BCUT2D eigenvalue weighted by atomic mass is 16.3. The van der Waals surface area contributed by atoms with Crippen LogP contribution in [0.5, 0.6) is 0 Å². The highest BCUT2D eigenvalue weighted by Gasteiger charge is 2.34. The Kier molecular flexibility index (Phi) is 13.4. The lowest BCUT2D eigenvalue weighted by molar-refractivity contribution is -0.145. The topological polar surface area (TPSA) is 130 Å². The number of likely N-dealkylation sites (N-methyl/N-ethyl adjacent to an activating group) is 2. The molecule has 0 fully saturated rings. The quantitative estimate of drug-likeness (QED) is 0.283. The van der Waals surface area contributed by atoms with Gasteiger partial charge in [-0.3, -0.25) is 14.4 Å². The van der Waals surface area contributed by atoms with Crippen molar-refractivity contribution in [2.45, 2.75) is 64.1 Å². The molecular formula is C34H46N4O4. The molecule has 0 bridgehead atoms. The van der Waals surface area contributed by atoms with E-state index in [0.29, 0.717) is 13.0 Å². The van der Waals surface area contributed by atoms with Crippen LogP contribution < -0.4 is 11.5 Å². The lowest BCUT2D eigenvalue weighted by atomic mass is 9.98. The summed E-state index contributed by atoms with van der Waals surface area (Å²) in [4.78, 5) is 42.3. The Morgan fingerprint density at radius 2 is 1.43 bits per heavy atom. The Morgan fingerprint density at radius 3 is 2.00 bits per heavy atom. The first-order chi connectivity index (χ1) is 19.9. The molecule has 0 aromatic heterocycles. The molecule has 5 N–H and O–H groups in total. The fraction of sp³-hybridized carbons (Fsp3) is 0.382. The molecule has 8 nitrogen and oxygen atoms in total. The Balaban J connectivity index is 0.00000144. The molecule has 0 saturated carbocycles. The van der Waals surface area contributed by atoms with Gasteiger partial charge in [-0.2, -0.15) is 0 Å². The summed E-state index contributed by atoms with van der Waals surface area (Å²) < 4.78 is 0. The summed E-state index contributed by atoms with van der Waals surface area (Å²) in [6, 6.07) is 21.7. The lowest BCUT2D eigenvalue weighted by Crippen LogP contribution is -2.55. The van der Waals surface area contributed by atoms with Crippen LogP contribution >= 0.6 is 0 Å². The minimum Gasteiger partial charge on any atom is -0.396 e. The van der Waals surface area contributed by atoms with Crippen LogP contribution in [0, 0.1) is 0 Å². The largest absolute Gasteiger partial charge is 0.396 e. The average molecular weight is 575 g/mol. The monoisotopic (exact) mass is 574 g/mol. The molecule has 3 rings (SSSR count). The van der Waals surface area contributed by atoms with Crippen LogP contribution in [0.2, 0.25) is 0 Å². The van der Waals surface area contributed by atoms with Crippen LogP contribution in [0.1, 0.15) is 44.7 Å². The van der Waals surface area contributed by atoms with Crippen molar-refractivity contribution < 1.29 is 19.5 Å². The summed E-state index contributed by atoms with van der Waals surface area (Å²) in [7, 11) is 3.17. The van der Waals surface area contributed by atoms with E-state index >= 15 is 0 Å². The summed E-state index contributed by atoms with van der Waals surface area (Å²) in [5.74, 6) is -1.28. The predicted octanol–water partition coefficient (Wildman–Crippen LogP) is 3.84. The highest BCUT2D eigenvalue weighted by molar-refractivity contribution is 5.95. The van der Waals surface area contributed by atoms with Gasteiger partial charge >= 0.3 is 0 Å². The lowest BCUT2D eigenvalue weighted by Gasteiger charge is -2.33. The van der Waals surface area contributed by atoms with Crippen LogP contribution in [0.4, 0.5) is 0 Å². The number of fused-ring (bicyclic) bond motifs is 1. The van der Waals surface area contributed by atoms with Gasteiger partial charge in [-0.25, -0.2) is 0 Å². The Labute approximate surface area is 250 Å². The van der Waals surface area contributed by atoms with Crippen molar-refractivity contribution >= 4 is 28.5 Å². The van der Waals surface area contributed by atoms with E-state index in [2.05, 4.69) is 0 Å². The zero-order valence-corrected chi connectivity index (χ0v) is 25.5. The molecule has 8 heteroatoms. The standard InChI is InChI=1S/C31H38N4O3.C3H8O/c1-31(2,33)18-10-15-28(36)34(3)27(21-23-16-17-24-13-8-9-14-25(24)19-23)30(38)35(4)26(29(32)37)20-22-11-6-5-7-12-22;1-2-3-4/h5-17,19,26-27H,18,20-21,33H2,1-4H3,(H2,32,37);4H,2-3H2,1H3/b15-10+;/t26-,27-;/m1./s1.